The van der Waals surface area contributed by atoms with Gasteiger partial charge in [0.1, 0.15) is 11.8 Å². The van der Waals surface area contributed by atoms with Crippen molar-refractivity contribution < 1.29 is 10.1 Å². The lowest BCUT2D eigenvalue weighted by molar-refractivity contribution is -0.704. The molecule has 1 aliphatic heterocycles. The maximum atomic E-state index is 6.32. The topological polar surface area (TPSA) is 30.8 Å². The number of nitrogens with zero attached hydrogens (tertiary/aromatic N) is 1. The monoisotopic (exact) mass is 311 g/mol. The Labute approximate surface area is 138 Å². The highest BCUT2D eigenvalue weighted by atomic mass is 16.5. The van der Waals surface area contributed by atoms with Gasteiger partial charge in [0, 0.05) is 17.3 Å². The molecule has 23 heavy (non-hydrogen) atoms. The Morgan fingerprint density at radius 3 is 2.87 bits per heavy atom. The fourth-order valence-electron chi connectivity index (χ4n) is 5.07. The molecule has 3 nitrogen and oxygen atoms in total. The van der Waals surface area contributed by atoms with E-state index in [2.05, 4.69) is 28.1 Å². The van der Waals surface area contributed by atoms with Crippen LogP contribution in [0.5, 0.6) is 5.75 Å². The Kier molecular flexibility index (Phi) is 3.36. The van der Waals surface area contributed by atoms with Crippen LogP contribution < -0.4 is 10.1 Å². The molecule has 0 radical (unpaired) electrons. The van der Waals surface area contributed by atoms with Crippen LogP contribution in [-0.4, -0.2) is 17.2 Å². The Morgan fingerprint density at radius 1 is 1.04 bits per heavy atom. The van der Waals surface area contributed by atoms with Gasteiger partial charge >= 0.3 is 0 Å². The van der Waals surface area contributed by atoms with Crippen molar-refractivity contribution in [2.45, 2.75) is 70.1 Å². The molecule has 0 amide bonds. The molecule has 2 aromatic rings. The predicted octanol–water partition coefficient (Wildman–Crippen LogP) is 3.31. The molecule has 0 unspecified atom stereocenters. The summed E-state index contributed by atoms with van der Waals surface area (Å²) in [5.41, 5.74) is 4.67. The van der Waals surface area contributed by atoms with Crippen LogP contribution in [0.3, 0.4) is 0 Å². The summed E-state index contributed by atoms with van der Waals surface area (Å²) in [6, 6.07) is 7.56. The summed E-state index contributed by atoms with van der Waals surface area (Å²) in [5.74, 6) is 1.09. The van der Waals surface area contributed by atoms with E-state index in [1.54, 1.807) is 11.3 Å². The number of rotatable bonds is 2. The van der Waals surface area contributed by atoms with E-state index in [-0.39, 0.29) is 0 Å². The maximum absolute atomic E-state index is 6.32. The lowest BCUT2D eigenvalue weighted by atomic mass is 9.91. The van der Waals surface area contributed by atoms with Crippen molar-refractivity contribution in [2.24, 2.45) is 0 Å². The first-order valence-corrected chi connectivity index (χ1v) is 9.55. The van der Waals surface area contributed by atoms with Crippen molar-refractivity contribution in [3.63, 3.8) is 0 Å². The van der Waals surface area contributed by atoms with Gasteiger partial charge in [-0.2, -0.15) is 0 Å². The maximum Gasteiger partial charge on any atom is 0.127 e. The van der Waals surface area contributed by atoms with E-state index in [1.807, 2.05) is 0 Å². The normalized spacial score (nSPS) is 24.6. The van der Waals surface area contributed by atoms with Gasteiger partial charge in [0.05, 0.1) is 24.9 Å². The molecule has 1 saturated carbocycles. The molecule has 0 bridgehead atoms. The quantitative estimate of drug-likeness (QED) is 0.906. The van der Waals surface area contributed by atoms with Crippen molar-refractivity contribution in [1.29, 1.82) is 0 Å². The van der Waals surface area contributed by atoms with Gasteiger partial charge in [0.15, 0.2) is 0 Å². The molecule has 5 rings (SSSR count). The van der Waals surface area contributed by atoms with Crippen LogP contribution in [0.15, 0.2) is 18.2 Å². The first kappa shape index (κ1) is 13.9. The molecule has 1 fully saturated rings. The Bertz CT molecular complexity index is 725. The smallest absolute Gasteiger partial charge is 0.127 e. The van der Waals surface area contributed by atoms with E-state index in [1.165, 1.54) is 68.8 Å². The van der Waals surface area contributed by atoms with E-state index in [0.717, 1.165) is 12.3 Å². The highest BCUT2D eigenvalue weighted by Gasteiger charge is 2.32. The van der Waals surface area contributed by atoms with E-state index in [9.17, 15) is 0 Å². The number of fused-ring (bicyclic) bond motifs is 3. The van der Waals surface area contributed by atoms with Crippen molar-refractivity contribution in [3.8, 4) is 5.75 Å². The standard InChI is InChI=1S/C20H26N2O/c1-2-5-14(6-3-1)23-15-9-10-19-17(13-15)16-7-4-8-18-20(16)22(19)12-11-21-18/h9-10,13-14,18,21H,1-8,11-12H2/p+1/t18-/m0/s1. The molecule has 3 aliphatic rings. The highest BCUT2D eigenvalue weighted by Crippen LogP contribution is 2.38. The van der Waals surface area contributed by atoms with Crippen LogP contribution in [0.2, 0.25) is 0 Å². The van der Waals surface area contributed by atoms with Crippen LogP contribution in [0.1, 0.15) is 62.2 Å². The molecular formula is C20H27N2O+. The number of quaternary nitrogens is 1. The Morgan fingerprint density at radius 2 is 1.96 bits per heavy atom. The van der Waals surface area contributed by atoms with E-state index in [4.69, 9.17) is 4.74 Å². The third-order valence-corrected chi connectivity index (χ3v) is 6.14. The minimum Gasteiger partial charge on any atom is -0.490 e. The zero-order valence-electron chi connectivity index (χ0n) is 13.9. The van der Waals surface area contributed by atoms with Crippen LogP contribution in [0.25, 0.3) is 10.9 Å². The molecule has 1 aromatic carbocycles. The van der Waals surface area contributed by atoms with Crippen LogP contribution >= 0.6 is 0 Å². The lowest BCUT2D eigenvalue weighted by Gasteiger charge is -2.27. The zero-order chi connectivity index (χ0) is 15.2. The summed E-state index contributed by atoms with van der Waals surface area (Å²) >= 11 is 0. The summed E-state index contributed by atoms with van der Waals surface area (Å²) in [6.45, 7) is 2.38. The van der Waals surface area contributed by atoms with Crippen LogP contribution in [0, 0.1) is 0 Å². The molecule has 2 N–H and O–H groups in total. The first-order chi connectivity index (χ1) is 11.4. The second kappa shape index (κ2) is 5.55. The summed E-state index contributed by atoms with van der Waals surface area (Å²) in [7, 11) is 0. The van der Waals surface area contributed by atoms with E-state index in [0.29, 0.717) is 12.1 Å². The molecule has 0 saturated heterocycles. The van der Waals surface area contributed by atoms with Crippen molar-refractivity contribution >= 4 is 10.9 Å². The van der Waals surface area contributed by atoms with Crippen molar-refractivity contribution in [3.05, 3.63) is 29.5 Å². The molecular weight excluding hydrogens is 284 g/mol. The number of nitrogens with two attached hydrogens (primary N) is 1. The van der Waals surface area contributed by atoms with Gasteiger partial charge < -0.3 is 14.6 Å². The second-order valence-electron chi connectivity index (χ2n) is 7.60. The Balaban J connectivity index is 1.55. The summed E-state index contributed by atoms with van der Waals surface area (Å²) in [4.78, 5) is 0. The number of hydrogen-bond donors (Lipinski definition) is 1. The molecule has 2 heterocycles. The zero-order valence-corrected chi connectivity index (χ0v) is 13.9. The second-order valence-corrected chi connectivity index (χ2v) is 7.60. The van der Waals surface area contributed by atoms with Gasteiger partial charge in [-0.1, -0.05) is 6.42 Å². The molecule has 122 valence electrons. The minimum absolute atomic E-state index is 0.441. The van der Waals surface area contributed by atoms with Gasteiger partial charge in [-0.3, -0.25) is 0 Å². The van der Waals surface area contributed by atoms with E-state index < -0.39 is 0 Å². The summed E-state index contributed by atoms with van der Waals surface area (Å²) < 4.78 is 8.92. The number of ether oxygens (including phenoxy) is 1. The molecule has 0 spiro atoms. The Hall–Kier alpha value is -1.48. The summed E-state index contributed by atoms with van der Waals surface area (Å²) in [5, 5.41) is 4.02. The van der Waals surface area contributed by atoms with Gasteiger partial charge in [-0.15, -0.1) is 0 Å². The van der Waals surface area contributed by atoms with Crippen molar-refractivity contribution in [1.82, 2.24) is 4.57 Å². The third kappa shape index (κ3) is 2.28. The average molecular weight is 311 g/mol. The predicted molar refractivity (Wildman–Crippen MR) is 91.9 cm³/mol. The molecule has 3 heteroatoms. The number of aryl methyl sites for hydroxylation is 1. The van der Waals surface area contributed by atoms with Gasteiger partial charge in [-0.25, -0.2) is 0 Å². The SMILES string of the molecule is c1cc2c(cc1OC1CCCCC1)c1c3n2CC[NH2+][C@H]3CCC1. The first-order valence-electron chi connectivity index (χ1n) is 9.55. The van der Waals surface area contributed by atoms with Crippen molar-refractivity contribution in [2.75, 3.05) is 6.54 Å². The summed E-state index contributed by atoms with van der Waals surface area (Å²) in [6.07, 6.45) is 10.9. The fraction of sp³-hybridized carbons (Fsp3) is 0.600. The van der Waals surface area contributed by atoms with Crippen LogP contribution in [-0.2, 0) is 13.0 Å². The van der Waals surface area contributed by atoms with Gasteiger partial charge in [0.2, 0.25) is 0 Å². The van der Waals surface area contributed by atoms with E-state index >= 15 is 0 Å². The third-order valence-electron chi connectivity index (χ3n) is 6.14. The molecule has 1 atom stereocenters. The number of aromatic nitrogens is 1. The van der Waals surface area contributed by atoms with Gasteiger partial charge in [0.25, 0.3) is 0 Å². The number of hydrogen-bond acceptors (Lipinski definition) is 1. The number of benzene rings is 1. The average Bonchev–Trinajstić information content (AvgIpc) is 2.92. The lowest BCUT2D eigenvalue weighted by Crippen LogP contribution is -2.88. The minimum atomic E-state index is 0.441. The van der Waals surface area contributed by atoms with Crippen LogP contribution in [0.4, 0.5) is 0 Å². The largest absolute Gasteiger partial charge is 0.490 e. The fourth-order valence-corrected chi connectivity index (χ4v) is 5.07. The highest BCUT2D eigenvalue weighted by molar-refractivity contribution is 5.87. The molecule has 2 aliphatic carbocycles. The van der Waals surface area contributed by atoms with Gasteiger partial charge in [-0.05, 0) is 62.3 Å². The molecule has 1 aromatic heterocycles.